The van der Waals surface area contributed by atoms with Crippen LogP contribution in [0, 0.1) is 6.92 Å². The first kappa shape index (κ1) is 21.6. The summed E-state index contributed by atoms with van der Waals surface area (Å²) in [7, 11) is 0. The Bertz CT molecular complexity index is 1930. The second-order valence-electron chi connectivity index (χ2n) is 9.79. The Morgan fingerprint density at radius 1 is 0.324 bits per heavy atom. The Hall–Kier alpha value is -4.68. The Labute approximate surface area is 217 Å². The Kier molecular flexibility index (Phi) is 5.11. The maximum absolute atomic E-state index is 2.34. The Balaban J connectivity index is 1.39. The third kappa shape index (κ3) is 3.61. The molecule has 7 aromatic rings. The minimum atomic E-state index is 1.26. The van der Waals surface area contributed by atoms with Crippen LogP contribution in [0.5, 0.6) is 0 Å². The molecule has 0 aliphatic rings. The quantitative estimate of drug-likeness (QED) is 0.241. The van der Waals surface area contributed by atoms with Crippen LogP contribution in [0.4, 0.5) is 0 Å². The van der Waals surface area contributed by atoms with Crippen molar-refractivity contribution in [3.05, 3.63) is 145 Å². The van der Waals surface area contributed by atoms with Crippen molar-refractivity contribution in [1.82, 2.24) is 0 Å². The largest absolute Gasteiger partial charge is 0.0616 e. The molecule has 7 rings (SSSR count). The molecule has 174 valence electrons. The lowest BCUT2D eigenvalue weighted by Crippen LogP contribution is -1.90. The van der Waals surface area contributed by atoms with Gasteiger partial charge < -0.3 is 0 Å². The minimum absolute atomic E-state index is 1.26. The first-order valence-corrected chi connectivity index (χ1v) is 12.9. The zero-order valence-corrected chi connectivity index (χ0v) is 20.8. The van der Waals surface area contributed by atoms with Crippen LogP contribution in [0.25, 0.3) is 65.7 Å². The molecule has 0 bridgehead atoms. The summed E-state index contributed by atoms with van der Waals surface area (Å²) in [5, 5.41) is 7.70. The maximum atomic E-state index is 2.34. The predicted molar refractivity (Wildman–Crippen MR) is 160 cm³/mol. The lowest BCUT2D eigenvalue weighted by molar-refractivity contribution is 1.46. The van der Waals surface area contributed by atoms with Crippen LogP contribution in [0.1, 0.15) is 5.56 Å². The molecule has 0 aromatic heterocycles. The first-order valence-electron chi connectivity index (χ1n) is 12.9. The van der Waals surface area contributed by atoms with Crippen molar-refractivity contribution >= 4 is 32.3 Å². The van der Waals surface area contributed by atoms with Crippen LogP contribution in [0.2, 0.25) is 0 Å². The zero-order chi connectivity index (χ0) is 24.8. The highest BCUT2D eigenvalue weighted by atomic mass is 14.2. The summed E-state index contributed by atoms with van der Waals surface area (Å²) < 4.78 is 0. The average molecular weight is 471 g/mol. The fourth-order valence-electron chi connectivity index (χ4n) is 5.84. The van der Waals surface area contributed by atoms with E-state index >= 15 is 0 Å². The summed E-state index contributed by atoms with van der Waals surface area (Å²) in [4.78, 5) is 0. The SMILES string of the molecule is Cc1cc(-c2cccc3ccccc23)ccc1-c1ccc(-c2cccc3ccccc23)c2ccccc12. The van der Waals surface area contributed by atoms with Gasteiger partial charge in [-0.1, -0.05) is 140 Å². The number of fused-ring (bicyclic) bond motifs is 3. The van der Waals surface area contributed by atoms with E-state index in [0.29, 0.717) is 0 Å². The molecule has 0 radical (unpaired) electrons. The molecule has 0 unspecified atom stereocenters. The molecule has 0 N–H and O–H groups in total. The number of benzene rings is 7. The van der Waals surface area contributed by atoms with E-state index in [1.165, 1.54) is 71.3 Å². The van der Waals surface area contributed by atoms with Crippen LogP contribution < -0.4 is 0 Å². The van der Waals surface area contributed by atoms with Gasteiger partial charge >= 0.3 is 0 Å². The average Bonchev–Trinajstić information content (AvgIpc) is 2.96. The van der Waals surface area contributed by atoms with Crippen molar-refractivity contribution in [1.29, 1.82) is 0 Å². The van der Waals surface area contributed by atoms with Gasteiger partial charge in [0.25, 0.3) is 0 Å². The molecule has 0 atom stereocenters. The van der Waals surface area contributed by atoms with Crippen molar-refractivity contribution in [3.63, 3.8) is 0 Å². The lowest BCUT2D eigenvalue weighted by atomic mass is 9.88. The van der Waals surface area contributed by atoms with Crippen molar-refractivity contribution in [2.45, 2.75) is 6.92 Å². The third-order valence-electron chi connectivity index (χ3n) is 7.62. The van der Waals surface area contributed by atoms with Gasteiger partial charge in [0.15, 0.2) is 0 Å². The van der Waals surface area contributed by atoms with Gasteiger partial charge in [0.1, 0.15) is 0 Å². The van der Waals surface area contributed by atoms with Crippen molar-refractivity contribution < 1.29 is 0 Å². The number of rotatable bonds is 3. The van der Waals surface area contributed by atoms with Crippen LogP contribution in [0.15, 0.2) is 140 Å². The zero-order valence-electron chi connectivity index (χ0n) is 20.8. The fourth-order valence-corrected chi connectivity index (χ4v) is 5.84. The molecule has 37 heavy (non-hydrogen) atoms. The predicted octanol–water partition coefficient (Wildman–Crippen LogP) is 10.5. The van der Waals surface area contributed by atoms with E-state index in [1.54, 1.807) is 0 Å². The monoisotopic (exact) mass is 470 g/mol. The normalized spacial score (nSPS) is 11.4. The Morgan fingerprint density at radius 3 is 1.38 bits per heavy atom. The molecule has 0 aliphatic heterocycles. The topological polar surface area (TPSA) is 0 Å². The fraction of sp³-hybridized carbons (Fsp3) is 0.0270. The minimum Gasteiger partial charge on any atom is -0.0616 e. The molecular formula is C37H26. The van der Waals surface area contributed by atoms with Gasteiger partial charge in [-0.05, 0) is 78.2 Å². The molecular weight excluding hydrogens is 444 g/mol. The molecule has 0 spiro atoms. The third-order valence-corrected chi connectivity index (χ3v) is 7.62. The van der Waals surface area contributed by atoms with Crippen molar-refractivity contribution in [2.75, 3.05) is 0 Å². The summed E-state index contributed by atoms with van der Waals surface area (Å²) in [6.45, 7) is 2.23. The van der Waals surface area contributed by atoms with Gasteiger partial charge in [0, 0.05) is 0 Å². The number of hydrogen-bond acceptors (Lipinski definition) is 0. The van der Waals surface area contributed by atoms with E-state index in [9.17, 15) is 0 Å². The van der Waals surface area contributed by atoms with Gasteiger partial charge in [0.05, 0.1) is 0 Å². The van der Waals surface area contributed by atoms with Gasteiger partial charge in [-0.15, -0.1) is 0 Å². The van der Waals surface area contributed by atoms with Crippen LogP contribution in [-0.4, -0.2) is 0 Å². The van der Waals surface area contributed by atoms with Crippen molar-refractivity contribution in [3.8, 4) is 33.4 Å². The van der Waals surface area contributed by atoms with E-state index < -0.39 is 0 Å². The molecule has 0 saturated carbocycles. The van der Waals surface area contributed by atoms with Crippen LogP contribution >= 0.6 is 0 Å². The molecule has 0 amide bonds. The molecule has 0 nitrogen and oxygen atoms in total. The van der Waals surface area contributed by atoms with E-state index in [1.807, 2.05) is 0 Å². The number of hydrogen-bond donors (Lipinski definition) is 0. The van der Waals surface area contributed by atoms with Gasteiger partial charge in [-0.2, -0.15) is 0 Å². The van der Waals surface area contributed by atoms with Crippen molar-refractivity contribution in [2.24, 2.45) is 0 Å². The summed E-state index contributed by atoms with van der Waals surface area (Å²) in [5.74, 6) is 0. The summed E-state index contributed by atoms with van der Waals surface area (Å²) in [5.41, 5.74) is 8.95. The molecule has 7 aromatic carbocycles. The highest BCUT2D eigenvalue weighted by Gasteiger charge is 2.13. The Morgan fingerprint density at radius 2 is 0.757 bits per heavy atom. The van der Waals surface area contributed by atoms with Gasteiger partial charge in [0.2, 0.25) is 0 Å². The second kappa shape index (κ2) is 8.76. The standard InChI is InChI=1S/C37H26/c1-25-24-28(32-18-8-12-26-10-2-4-14-30(26)32)20-21-29(25)36-22-23-37(35-17-7-6-16-34(35)36)33-19-9-13-27-11-3-5-15-31(27)33/h2-24H,1H3. The van der Waals surface area contributed by atoms with E-state index in [0.717, 1.165) is 0 Å². The van der Waals surface area contributed by atoms with Crippen LogP contribution in [0.3, 0.4) is 0 Å². The lowest BCUT2D eigenvalue weighted by Gasteiger charge is -2.16. The van der Waals surface area contributed by atoms with E-state index in [-0.39, 0.29) is 0 Å². The summed E-state index contributed by atoms with van der Waals surface area (Å²) in [6, 6.07) is 50.8. The summed E-state index contributed by atoms with van der Waals surface area (Å²) >= 11 is 0. The number of aryl methyl sites for hydroxylation is 1. The highest BCUT2D eigenvalue weighted by molar-refractivity contribution is 6.10. The molecule has 0 heterocycles. The van der Waals surface area contributed by atoms with E-state index in [2.05, 4.69) is 146 Å². The molecule has 0 fully saturated rings. The maximum Gasteiger partial charge on any atom is -0.00987 e. The molecule has 0 aliphatic carbocycles. The highest BCUT2D eigenvalue weighted by Crippen LogP contribution is 2.40. The van der Waals surface area contributed by atoms with Crippen LogP contribution in [-0.2, 0) is 0 Å². The van der Waals surface area contributed by atoms with Gasteiger partial charge in [-0.3, -0.25) is 0 Å². The summed E-state index contributed by atoms with van der Waals surface area (Å²) in [6.07, 6.45) is 0. The smallest absolute Gasteiger partial charge is 0.00987 e. The van der Waals surface area contributed by atoms with E-state index in [4.69, 9.17) is 0 Å². The first-order chi connectivity index (χ1) is 18.3. The molecule has 0 saturated heterocycles. The molecule has 0 heteroatoms. The second-order valence-corrected chi connectivity index (χ2v) is 9.79. The van der Waals surface area contributed by atoms with Gasteiger partial charge in [-0.25, -0.2) is 0 Å².